The van der Waals surface area contributed by atoms with Gasteiger partial charge in [-0.3, -0.25) is 0 Å². The molecule has 0 rings (SSSR count). The van der Waals surface area contributed by atoms with Gasteiger partial charge in [-0.05, 0) is 12.3 Å². The fourth-order valence-electron chi connectivity index (χ4n) is 1.11. The Hall–Kier alpha value is 0.726. The van der Waals surface area contributed by atoms with Gasteiger partial charge in [0.25, 0.3) is 0 Å². The van der Waals surface area contributed by atoms with Crippen LogP contribution in [0.25, 0.3) is 0 Å². The number of aliphatic hydroxyl groups excluding tert-OH is 1. The van der Waals surface area contributed by atoms with Crippen LogP contribution in [0.2, 0.25) is 0 Å². The van der Waals surface area contributed by atoms with E-state index in [1.807, 2.05) is 0 Å². The molecule has 0 saturated carbocycles. The van der Waals surface area contributed by atoms with Crippen LogP contribution in [0.15, 0.2) is 0 Å². The Bertz CT molecular complexity index is 62.6. The van der Waals surface area contributed by atoms with E-state index in [1.165, 1.54) is 25.7 Å². The number of hydrogen-bond donors (Lipinski definition) is 1. The highest BCUT2D eigenvalue weighted by atomic mass is 24.3. The zero-order valence-electron chi connectivity index (χ0n) is 7.27. The minimum absolute atomic E-state index is 0. The molecule has 0 saturated heterocycles. The summed E-state index contributed by atoms with van der Waals surface area (Å²) < 4.78 is 0. The van der Waals surface area contributed by atoms with Gasteiger partial charge in [-0.15, -0.1) is 0 Å². The average Bonchev–Trinajstić information content (AvgIpc) is 1.99. The third-order valence-corrected chi connectivity index (χ3v) is 2.05. The molecule has 0 heterocycles. The molecule has 1 atom stereocenters. The van der Waals surface area contributed by atoms with Gasteiger partial charge in [-0.25, -0.2) is 0 Å². The molecule has 0 amide bonds. The van der Waals surface area contributed by atoms with Crippen molar-refractivity contribution in [3.63, 3.8) is 0 Å². The Morgan fingerprint density at radius 1 is 1.18 bits per heavy atom. The molecule has 0 spiro atoms. The summed E-state index contributed by atoms with van der Waals surface area (Å²) in [5.41, 5.74) is 0. The van der Waals surface area contributed by atoms with Crippen molar-refractivity contribution in [3.05, 3.63) is 0 Å². The predicted octanol–water partition coefficient (Wildman–Crippen LogP) is 1.67. The van der Waals surface area contributed by atoms with Crippen LogP contribution in [0.3, 0.4) is 0 Å². The molecule has 0 fully saturated rings. The molecule has 66 valence electrons. The summed E-state index contributed by atoms with van der Waals surface area (Å²) in [6, 6.07) is 0. The Kier molecular flexibility index (Phi) is 13.9. The lowest BCUT2D eigenvalue weighted by molar-refractivity contribution is 0.212. The van der Waals surface area contributed by atoms with Crippen molar-refractivity contribution in [3.8, 4) is 0 Å². The zero-order chi connectivity index (χ0) is 7.82. The van der Waals surface area contributed by atoms with Gasteiger partial charge in [0, 0.05) is 6.61 Å². The maximum atomic E-state index is 8.83. The lowest BCUT2D eigenvalue weighted by atomic mass is 10.00. The largest absolute Gasteiger partial charge is 0.396 e. The van der Waals surface area contributed by atoms with Crippen LogP contribution in [0, 0.1) is 5.92 Å². The highest BCUT2D eigenvalue weighted by Gasteiger charge is 2.02. The van der Waals surface area contributed by atoms with Gasteiger partial charge in [0.15, 0.2) is 0 Å². The molecular formula is C9H22MgO. The van der Waals surface area contributed by atoms with Crippen LogP contribution < -0.4 is 0 Å². The third-order valence-electron chi connectivity index (χ3n) is 2.05. The van der Waals surface area contributed by atoms with Gasteiger partial charge in [0.05, 0.1) is 0 Å². The Morgan fingerprint density at radius 2 is 1.82 bits per heavy atom. The summed E-state index contributed by atoms with van der Waals surface area (Å²) in [6.07, 6.45) is 6.22. The molecule has 0 radical (unpaired) electrons. The summed E-state index contributed by atoms with van der Waals surface area (Å²) in [5, 5.41) is 8.83. The first-order chi connectivity index (χ1) is 4.85. The second-order valence-corrected chi connectivity index (χ2v) is 2.95. The van der Waals surface area contributed by atoms with Crippen LogP contribution in [0.5, 0.6) is 0 Å². The Labute approximate surface area is 86.7 Å². The third kappa shape index (κ3) is 8.63. The standard InChI is InChI=1S/C9H20O.Mg.2H/c1-3-5-6-7-9(4-2)8-10;;;/h9-10H,3-8H2,1-2H3;;;. The highest BCUT2D eigenvalue weighted by molar-refractivity contribution is 5.75. The SMILES string of the molecule is CCCCCC(CC)CO.[MgH2]. The van der Waals surface area contributed by atoms with E-state index in [0.29, 0.717) is 12.5 Å². The second-order valence-electron chi connectivity index (χ2n) is 2.95. The molecule has 0 aliphatic rings. The molecule has 1 nitrogen and oxygen atoms in total. The monoisotopic (exact) mass is 170 g/mol. The van der Waals surface area contributed by atoms with Gasteiger partial charge in [-0.2, -0.15) is 0 Å². The molecule has 11 heavy (non-hydrogen) atoms. The van der Waals surface area contributed by atoms with Gasteiger partial charge < -0.3 is 5.11 Å². The van der Waals surface area contributed by atoms with Crippen LogP contribution in [-0.4, -0.2) is 34.8 Å². The smallest absolute Gasteiger partial charge is 0.316 e. The maximum absolute atomic E-state index is 8.83. The van der Waals surface area contributed by atoms with Crippen molar-refractivity contribution in [2.24, 2.45) is 5.92 Å². The van der Waals surface area contributed by atoms with Gasteiger partial charge in [-0.1, -0.05) is 39.5 Å². The predicted molar refractivity (Wildman–Crippen MR) is 53.6 cm³/mol. The quantitative estimate of drug-likeness (QED) is 0.475. The van der Waals surface area contributed by atoms with Crippen LogP contribution in [-0.2, 0) is 0 Å². The van der Waals surface area contributed by atoms with Gasteiger partial charge in [0.2, 0.25) is 0 Å². The molecule has 1 unspecified atom stereocenters. The second kappa shape index (κ2) is 10.7. The van der Waals surface area contributed by atoms with E-state index in [2.05, 4.69) is 13.8 Å². The molecule has 0 aromatic rings. The average molecular weight is 171 g/mol. The lowest BCUT2D eigenvalue weighted by Crippen LogP contribution is -2.03. The van der Waals surface area contributed by atoms with Crippen molar-refractivity contribution in [2.75, 3.05) is 6.61 Å². The molecule has 0 aliphatic carbocycles. The van der Waals surface area contributed by atoms with Gasteiger partial charge >= 0.3 is 23.1 Å². The highest BCUT2D eigenvalue weighted by Crippen LogP contribution is 2.11. The number of rotatable bonds is 6. The summed E-state index contributed by atoms with van der Waals surface area (Å²) in [4.78, 5) is 0. The zero-order valence-corrected chi connectivity index (χ0v) is 7.27. The summed E-state index contributed by atoms with van der Waals surface area (Å²) >= 11 is 0. The van der Waals surface area contributed by atoms with E-state index in [-0.39, 0.29) is 23.1 Å². The first-order valence-electron chi connectivity index (χ1n) is 4.46. The van der Waals surface area contributed by atoms with E-state index in [9.17, 15) is 0 Å². The van der Waals surface area contributed by atoms with E-state index in [0.717, 1.165) is 6.42 Å². The minimum Gasteiger partial charge on any atom is -0.396 e. The van der Waals surface area contributed by atoms with E-state index in [1.54, 1.807) is 0 Å². The molecule has 0 aromatic carbocycles. The van der Waals surface area contributed by atoms with Crippen molar-refractivity contribution >= 4 is 23.1 Å². The van der Waals surface area contributed by atoms with E-state index < -0.39 is 0 Å². The molecular weight excluding hydrogens is 148 g/mol. The first kappa shape index (κ1) is 14.3. The summed E-state index contributed by atoms with van der Waals surface area (Å²) in [7, 11) is 0. The van der Waals surface area contributed by atoms with Crippen molar-refractivity contribution in [2.45, 2.75) is 46.0 Å². The van der Waals surface area contributed by atoms with Crippen molar-refractivity contribution in [1.82, 2.24) is 0 Å². The van der Waals surface area contributed by atoms with Crippen LogP contribution in [0.4, 0.5) is 0 Å². The first-order valence-corrected chi connectivity index (χ1v) is 4.46. The molecule has 0 aliphatic heterocycles. The van der Waals surface area contributed by atoms with Crippen LogP contribution in [0.1, 0.15) is 46.0 Å². The molecule has 2 heteroatoms. The number of unbranched alkanes of at least 4 members (excludes halogenated alkanes) is 2. The molecule has 1 N–H and O–H groups in total. The molecule has 0 aromatic heterocycles. The van der Waals surface area contributed by atoms with Crippen molar-refractivity contribution in [1.29, 1.82) is 0 Å². The van der Waals surface area contributed by atoms with Crippen molar-refractivity contribution < 1.29 is 5.11 Å². The summed E-state index contributed by atoms with van der Waals surface area (Å²) in [6.45, 7) is 4.73. The molecule has 0 bridgehead atoms. The minimum atomic E-state index is 0. The van der Waals surface area contributed by atoms with E-state index in [4.69, 9.17) is 5.11 Å². The number of aliphatic hydroxyl groups is 1. The lowest BCUT2D eigenvalue weighted by Gasteiger charge is -2.09. The number of hydrogen-bond acceptors (Lipinski definition) is 1. The maximum Gasteiger partial charge on any atom is 0.316 e. The van der Waals surface area contributed by atoms with E-state index >= 15 is 0 Å². The normalized spacial score (nSPS) is 12.3. The topological polar surface area (TPSA) is 20.2 Å². The summed E-state index contributed by atoms with van der Waals surface area (Å²) in [5.74, 6) is 0.562. The Balaban J connectivity index is 0. The fourth-order valence-corrected chi connectivity index (χ4v) is 1.11. The van der Waals surface area contributed by atoms with Gasteiger partial charge in [0.1, 0.15) is 0 Å². The fraction of sp³-hybridized carbons (Fsp3) is 1.00. The van der Waals surface area contributed by atoms with Crippen LogP contribution >= 0.6 is 0 Å². The Morgan fingerprint density at radius 3 is 2.18 bits per heavy atom.